The summed E-state index contributed by atoms with van der Waals surface area (Å²) in [5.74, 6) is -0.161. The van der Waals surface area contributed by atoms with Crippen molar-refractivity contribution in [3.05, 3.63) is 29.6 Å². The van der Waals surface area contributed by atoms with Gasteiger partial charge in [-0.1, -0.05) is 6.07 Å². The standard InChI is InChI=1S/C12H16FNO/c1-9-2-3-12(11(13)8-9)14-6-4-10(15)5-7-14/h2-3,8,10,15H,4-7H2,1H3. The highest BCUT2D eigenvalue weighted by molar-refractivity contribution is 5.49. The van der Waals surface area contributed by atoms with E-state index in [2.05, 4.69) is 0 Å². The molecule has 2 rings (SSSR count). The lowest BCUT2D eigenvalue weighted by molar-refractivity contribution is 0.145. The summed E-state index contributed by atoms with van der Waals surface area (Å²) in [6.07, 6.45) is 1.25. The van der Waals surface area contributed by atoms with Crippen LogP contribution < -0.4 is 4.90 Å². The van der Waals surface area contributed by atoms with E-state index in [1.165, 1.54) is 0 Å². The number of hydrogen-bond acceptors (Lipinski definition) is 2. The second-order valence-electron chi connectivity index (χ2n) is 4.17. The number of aliphatic hydroxyl groups is 1. The van der Waals surface area contributed by atoms with E-state index in [0.29, 0.717) is 5.69 Å². The van der Waals surface area contributed by atoms with Gasteiger partial charge in [0.1, 0.15) is 5.82 Å². The fourth-order valence-corrected chi connectivity index (χ4v) is 1.98. The summed E-state index contributed by atoms with van der Waals surface area (Å²) in [6, 6.07) is 5.30. The molecule has 0 spiro atoms. The zero-order valence-corrected chi connectivity index (χ0v) is 8.91. The van der Waals surface area contributed by atoms with Crippen molar-refractivity contribution < 1.29 is 9.50 Å². The van der Waals surface area contributed by atoms with Crippen molar-refractivity contribution in [2.24, 2.45) is 0 Å². The summed E-state index contributed by atoms with van der Waals surface area (Å²) in [4.78, 5) is 2.00. The molecule has 0 bridgehead atoms. The van der Waals surface area contributed by atoms with Crippen LogP contribution in [0.1, 0.15) is 18.4 Å². The molecule has 1 aromatic carbocycles. The van der Waals surface area contributed by atoms with Gasteiger partial charge in [0.25, 0.3) is 0 Å². The monoisotopic (exact) mass is 209 g/mol. The molecule has 1 aliphatic heterocycles. The van der Waals surface area contributed by atoms with Crippen molar-refractivity contribution in [3.8, 4) is 0 Å². The molecule has 3 heteroatoms. The van der Waals surface area contributed by atoms with Crippen molar-refractivity contribution in [1.82, 2.24) is 0 Å². The number of benzene rings is 1. The van der Waals surface area contributed by atoms with Crippen molar-refractivity contribution in [2.75, 3.05) is 18.0 Å². The van der Waals surface area contributed by atoms with Gasteiger partial charge in [-0.25, -0.2) is 4.39 Å². The van der Waals surface area contributed by atoms with Crippen LogP contribution in [0.15, 0.2) is 18.2 Å². The molecule has 0 atom stereocenters. The molecular weight excluding hydrogens is 193 g/mol. The van der Waals surface area contributed by atoms with Gasteiger partial charge in [0.2, 0.25) is 0 Å². The lowest BCUT2D eigenvalue weighted by Crippen LogP contribution is -2.36. The summed E-state index contributed by atoms with van der Waals surface area (Å²) >= 11 is 0. The number of aliphatic hydroxyl groups excluding tert-OH is 1. The third kappa shape index (κ3) is 2.29. The minimum atomic E-state index is -0.213. The maximum Gasteiger partial charge on any atom is 0.146 e. The molecule has 0 aromatic heterocycles. The van der Waals surface area contributed by atoms with Gasteiger partial charge in [-0.2, -0.15) is 0 Å². The largest absolute Gasteiger partial charge is 0.393 e. The van der Waals surface area contributed by atoms with Crippen LogP contribution in [-0.4, -0.2) is 24.3 Å². The Balaban J connectivity index is 2.15. The van der Waals surface area contributed by atoms with Crippen LogP contribution in [0.5, 0.6) is 0 Å². The number of halogens is 1. The van der Waals surface area contributed by atoms with Gasteiger partial charge >= 0.3 is 0 Å². The molecule has 1 heterocycles. The smallest absolute Gasteiger partial charge is 0.146 e. The lowest BCUT2D eigenvalue weighted by Gasteiger charge is -2.31. The first-order chi connectivity index (χ1) is 7.16. The first kappa shape index (κ1) is 10.4. The van der Waals surface area contributed by atoms with Crippen LogP contribution >= 0.6 is 0 Å². The van der Waals surface area contributed by atoms with Gasteiger partial charge in [-0.15, -0.1) is 0 Å². The second-order valence-corrected chi connectivity index (χ2v) is 4.17. The summed E-state index contributed by atoms with van der Waals surface area (Å²) in [6.45, 7) is 3.36. The quantitative estimate of drug-likeness (QED) is 0.765. The highest BCUT2D eigenvalue weighted by Crippen LogP contribution is 2.23. The molecule has 1 aliphatic rings. The Morgan fingerprint density at radius 2 is 2.00 bits per heavy atom. The molecule has 1 aromatic rings. The van der Waals surface area contributed by atoms with Crippen LogP contribution in [0.25, 0.3) is 0 Å². The first-order valence-electron chi connectivity index (χ1n) is 5.36. The highest BCUT2D eigenvalue weighted by Gasteiger charge is 2.19. The number of nitrogens with zero attached hydrogens (tertiary/aromatic N) is 1. The zero-order chi connectivity index (χ0) is 10.8. The minimum Gasteiger partial charge on any atom is -0.393 e. The van der Waals surface area contributed by atoms with Crippen LogP contribution in [0, 0.1) is 12.7 Å². The molecule has 0 amide bonds. The molecule has 1 saturated heterocycles. The number of hydrogen-bond donors (Lipinski definition) is 1. The molecule has 1 fully saturated rings. The Bertz CT molecular complexity index is 345. The lowest BCUT2D eigenvalue weighted by atomic mass is 10.1. The maximum atomic E-state index is 13.6. The van der Waals surface area contributed by atoms with Gasteiger partial charge < -0.3 is 10.0 Å². The Morgan fingerprint density at radius 3 is 2.60 bits per heavy atom. The number of rotatable bonds is 1. The summed E-state index contributed by atoms with van der Waals surface area (Å²) in [5, 5.41) is 9.37. The van der Waals surface area contributed by atoms with Crippen molar-refractivity contribution in [3.63, 3.8) is 0 Å². The van der Waals surface area contributed by atoms with Gasteiger partial charge in [-0.05, 0) is 37.5 Å². The SMILES string of the molecule is Cc1ccc(N2CCC(O)CC2)c(F)c1. The third-order valence-corrected chi connectivity index (χ3v) is 2.91. The van der Waals surface area contributed by atoms with Crippen LogP contribution in [0.4, 0.5) is 10.1 Å². The van der Waals surface area contributed by atoms with E-state index in [1.54, 1.807) is 6.07 Å². The molecule has 0 aliphatic carbocycles. The second kappa shape index (κ2) is 4.19. The van der Waals surface area contributed by atoms with Gasteiger partial charge in [-0.3, -0.25) is 0 Å². The average Bonchev–Trinajstić information content (AvgIpc) is 2.20. The normalized spacial score (nSPS) is 18.2. The van der Waals surface area contributed by atoms with Gasteiger partial charge in [0.05, 0.1) is 11.8 Å². The zero-order valence-electron chi connectivity index (χ0n) is 8.91. The van der Waals surface area contributed by atoms with E-state index in [4.69, 9.17) is 0 Å². The Kier molecular flexibility index (Phi) is 2.91. The Labute approximate surface area is 89.3 Å². The Hall–Kier alpha value is -1.09. The van der Waals surface area contributed by atoms with Crippen LogP contribution in [0.2, 0.25) is 0 Å². The fraction of sp³-hybridized carbons (Fsp3) is 0.500. The van der Waals surface area contributed by atoms with E-state index < -0.39 is 0 Å². The number of aryl methyl sites for hydroxylation is 1. The first-order valence-corrected chi connectivity index (χ1v) is 5.36. The highest BCUT2D eigenvalue weighted by atomic mass is 19.1. The predicted octanol–water partition coefficient (Wildman–Crippen LogP) is 2.10. The summed E-state index contributed by atoms with van der Waals surface area (Å²) in [7, 11) is 0. The Morgan fingerprint density at radius 1 is 1.33 bits per heavy atom. The summed E-state index contributed by atoms with van der Waals surface area (Å²) in [5.41, 5.74) is 1.60. The van der Waals surface area contributed by atoms with Gasteiger partial charge in [0.15, 0.2) is 0 Å². The topological polar surface area (TPSA) is 23.5 Å². The van der Waals surface area contributed by atoms with E-state index >= 15 is 0 Å². The van der Waals surface area contributed by atoms with E-state index in [0.717, 1.165) is 31.5 Å². The van der Waals surface area contributed by atoms with Crippen molar-refractivity contribution >= 4 is 5.69 Å². The number of piperidine rings is 1. The van der Waals surface area contributed by atoms with Crippen LogP contribution in [0.3, 0.4) is 0 Å². The minimum absolute atomic E-state index is 0.161. The maximum absolute atomic E-state index is 13.6. The summed E-state index contributed by atoms with van der Waals surface area (Å²) < 4.78 is 13.6. The van der Waals surface area contributed by atoms with Crippen LogP contribution in [-0.2, 0) is 0 Å². The van der Waals surface area contributed by atoms with E-state index in [-0.39, 0.29) is 11.9 Å². The number of anilines is 1. The molecule has 0 unspecified atom stereocenters. The van der Waals surface area contributed by atoms with E-state index in [9.17, 15) is 9.50 Å². The fourth-order valence-electron chi connectivity index (χ4n) is 1.98. The third-order valence-electron chi connectivity index (χ3n) is 2.91. The molecule has 0 saturated carbocycles. The van der Waals surface area contributed by atoms with Crippen molar-refractivity contribution in [1.29, 1.82) is 0 Å². The predicted molar refractivity (Wildman–Crippen MR) is 58.6 cm³/mol. The molecular formula is C12H16FNO. The molecule has 2 nitrogen and oxygen atoms in total. The molecule has 15 heavy (non-hydrogen) atoms. The average molecular weight is 209 g/mol. The molecule has 1 N–H and O–H groups in total. The molecule has 82 valence electrons. The van der Waals surface area contributed by atoms with Crippen molar-refractivity contribution in [2.45, 2.75) is 25.9 Å². The van der Waals surface area contributed by atoms with E-state index in [1.807, 2.05) is 24.0 Å². The molecule has 0 radical (unpaired) electrons. The van der Waals surface area contributed by atoms with Gasteiger partial charge in [0, 0.05) is 13.1 Å².